The Morgan fingerprint density at radius 3 is 1.80 bits per heavy atom. The molecular weight excluding hydrogens is 312 g/mol. The van der Waals surface area contributed by atoms with Crippen LogP contribution in [-0.2, 0) is 9.47 Å². The minimum atomic E-state index is 0.548. The van der Waals surface area contributed by atoms with Crippen LogP contribution in [-0.4, -0.2) is 33.0 Å². The molecule has 0 radical (unpaired) electrons. The van der Waals surface area contributed by atoms with Gasteiger partial charge in [0, 0.05) is 6.61 Å². The number of aryl methyl sites for hydroxylation is 1. The third kappa shape index (κ3) is 8.01. The molecule has 0 aliphatic heterocycles. The summed E-state index contributed by atoms with van der Waals surface area (Å²) < 4.78 is 16.5. The van der Waals surface area contributed by atoms with Gasteiger partial charge in [-0.25, -0.2) is 0 Å². The largest absolute Gasteiger partial charge is 0.491 e. The highest BCUT2D eigenvalue weighted by molar-refractivity contribution is 5.69. The summed E-state index contributed by atoms with van der Waals surface area (Å²) in [5.41, 5.74) is 3.62. The average Bonchev–Trinajstić information content (AvgIpc) is 2.64. The summed E-state index contributed by atoms with van der Waals surface area (Å²) in [6.45, 7) is 7.37. The number of hydrogen-bond donors (Lipinski definition) is 0. The highest BCUT2D eigenvalue weighted by Gasteiger charge is 1.95. The number of rotatable bonds is 11. The molecule has 0 bridgehead atoms. The lowest BCUT2D eigenvalue weighted by Crippen LogP contribution is -2.11. The lowest BCUT2D eigenvalue weighted by atomic mass is 10.1. The normalized spacial score (nSPS) is 11.1. The van der Waals surface area contributed by atoms with E-state index in [9.17, 15) is 0 Å². The molecule has 2 aromatic carbocycles. The van der Waals surface area contributed by atoms with Gasteiger partial charge in [0.2, 0.25) is 0 Å². The van der Waals surface area contributed by atoms with Gasteiger partial charge in [-0.3, -0.25) is 0 Å². The van der Waals surface area contributed by atoms with Crippen LogP contribution in [0.15, 0.2) is 48.5 Å². The van der Waals surface area contributed by atoms with Crippen LogP contribution < -0.4 is 4.74 Å². The van der Waals surface area contributed by atoms with Gasteiger partial charge >= 0.3 is 0 Å². The van der Waals surface area contributed by atoms with Crippen molar-refractivity contribution in [1.29, 1.82) is 0 Å². The van der Waals surface area contributed by atoms with Gasteiger partial charge in [0.25, 0.3) is 0 Å². The predicted octanol–water partition coefficient (Wildman–Crippen LogP) is 4.99. The molecule has 0 aliphatic carbocycles. The molecule has 0 amide bonds. The van der Waals surface area contributed by atoms with Crippen LogP contribution in [0.3, 0.4) is 0 Å². The zero-order valence-corrected chi connectivity index (χ0v) is 15.2. The van der Waals surface area contributed by atoms with Crippen LogP contribution in [0.2, 0.25) is 0 Å². The van der Waals surface area contributed by atoms with Gasteiger partial charge in [-0.2, -0.15) is 0 Å². The van der Waals surface area contributed by atoms with Gasteiger partial charge in [-0.1, -0.05) is 61.0 Å². The number of hydrogen-bond acceptors (Lipinski definition) is 3. The van der Waals surface area contributed by atoms with Crippen LogP contribution >= 0.6 is 0 Å². The molecule has 0 atom stereocenters. The predicted molar refractivity (Wildman–Crippen MR) is 104 cm³/mol. The molecule has 0 saturated heterocycles. The van der Waals surface area contributed by atoms with Gasteiger partial charge in [0.15, 0.2) is 0 Å². The van der Waals surface area contributed by atoms with Crippen molar-refractivity contribution in [3.05, 3.63) is 65.2 Å². The van der Waals surface area contributed by atoms with E-state index >= 15 is 0 Å². The fraction of sp³-hybridized carbons (Fsp3) is 0.364. The van der Waals surface area contributed by atoms with E-state index in [1.165, 1.54) is 11.1 Å². The van der Waals surface area contributed by atoms with Gasteiger partial charge in [0.05, 0.1) is 19.8 Å². The minimum absolute atomic E-state index is 0.548. The highest BCUT2D eigenvalue weighted by Crippen LogP contribution is 2.15. The maximum absolute atomic E-state index is 5.67. The summed E-state index contributed by atoms with van der Waals surface area (Å²) >= 11 is 0. The standard InChI is InChI=1S/C22H28O3/c1-3-14-23-15-16-24-17-18-25-22-12-10-21(11-13-22)9-8-20-6-4-19(2)5-7-20/h4-13H,3,14-18H2,1-2H3/b9-8+. The summed E-state index contributed by atoms with van der Waals surface area (Å²) in [5, 5.41) is 0. The average molecular weight is 340 g/mol. The van der Waals surface area contributed by atoms with Crippen LogP contribution in [0.4, 0.5) is 0 Å². The Labute approximate surface area is 151 Å². The zero-order chi connectivity index (χ0) is 17.7. The first-order valence-electron chi connectivity index (χ1n) is 8.91. The smallest absolute Gasteiger partial charge is 0.119 e. The van der Waals surface area contributed by atoms with Crippen molar-refractivity contribution in [2.75, 3.05) is 33.0 Å². The summed E-state index contributed by atoms with van der Waals surface area (Å²) in [7, 11) is 0. The van der Waals surface area contributed by atoms with E-state index < -0.39 is 0 Å². The maximum atomic E-state index is 5.67. The van der Waals surface area contributed by atoms with Crippen LogP contribution in [0.25, 0.3) is 12.2 Å². The quantitative estimate of drug-likeness (QED) is 0.426. The molecule has 0 heterocycles. The molecule has 3 heteroatoms. The van der Waals surface area contributed by atoms with E-state index in [0.717, 1.165) is 24.3 Å². The first-order valence-corrected chi connectivity index (χ1v) is 8.91. The molecule has 134 valence electrons. The van der Waals surface area contributed by atoms with Crippen LogP contribution in [0, 0.1) is 6.92 Å². The number of ether oxygens (including phenoxy) is 3. The maximum Gasteiger partial charge on any atom is 0.119 e. The monoisotopic (exact) mass is 340 g/mol. The van der Waals surface area contributed by atoms with Crippen molar-refractivity contribution >= 4 is 12.2 Å². The van der Waals surface area contributed by atoms with Crippen molar-refractivity contribution < 1.29 is 14.2 Å². The first-order chi connectivity index (χ1) is 12.3. The third-order valence-corrected chi connectivity index (χ3v) is 3.64. The van der Waals surface area contributed by atoms with E-state index in [1.807, 2.05) is 12.1 Å². The topological polar surface area (TPSA) is 27.7 Å². The van der Waals surface area contributed by atoms with Gasteiger partial charge in [-0.15, -0.1) is 0 Å². The molecule has 0 fully saturated rings. The van der Waals surface area contributed by atoms with Crippen molar-refractivity contribution in [3.63, 3.8) is 0 Å². The molecule has 0 spiro atoms. The highest BCUT2D eigenvalue weighted by atomic mass is 16.5. The second-order valence-corrected chi connectivity index (χ2v) is 5.89. The Bertz CT molecular complexity index is 615. The van der Waals surface area contributed by atoms with Crippen LogP contribution in [0.5, 0.6) is 5.75 Å². The molecule has 25 heavy (non-hydrogen) atoms. The Hall–Kier alpha value is -2.10. The van der Waals surface area contributed by atoms with Crippen molar-refractivity contribution in [2.45, 2.75) is 20.3 Å². The Balaban J connectivity index is 1.66. The van der Waals surface area contributed by atoms with Gasteiger partial charge < -0.3 is 14.2 Å². The fourth-order valence-electron chi connectivity index (χ4n) is 2.23. The minimum Gasteiger partial charge on any atom is -0.491 e. The van der Waals surface area contributed by atoms with Gasteiger partial charge in [0.1, 0.15) is 12.4 Å². The summed E-state index contributed by atoms with van der Waals surface area (Å²) in [6.07, 6.45) is 5.26. The molecule has 0 aromatic heterocycles. The Morgan fingerprint density at radius 2 is 1.20 bits per heavy atom. The Kier molecular flexibility index (Phi) is 8.81. The molecule has 0 unspecified atom stereocenters. The second-order valence-electron chi connectivity index (χ2n) is 5.89. The first kappa shape index (κ1) is 19.2. The van der Waals surface area contributed by atoms with Gasteiger partial charge in [-0.05, 0) is 36.6 Å². The third-order valence-electron chi connectivity index (χ3n) is 3.64. The summed E-state index contributed by atoms with van der Waals surface area (Å²) in [5.74, 6) is 0.860. The van der Waals surface area contributed by atoms with Crippen LogP contribution in [0.1, 0.15) is 30.0 Å². The van der Waals surface area contributed by atoms with E-state index in [0.29, 0.717) is 26.4 Å². The fourth-order valence-corrected chi connectivity index (χ4v) is 2.23. The second kappa shape index (κ2) is 11.5. The molecule has 3 nitrogen and oxygen atoms in total. The molecule has 2 aromatic rings. The van der Waals surface area contributed by atoms with Crippen molar-refractivity contribution in [2.24, 2.45) is 0 Å². The van der Waals surface area contributed by atoms with E-state index in [1.54, 1.807) is 0 Å². The van der Waals surface area contributed by atoms with E-state index in [2.05, 4.69) is 62.4 Å². The summed E-state index contributed by atoms with van der Waals surface area (Å²) in [6, 6.07) is 16.6. The van der Waals surface area contributed by atoms with Crippen molar-refractivity contribution in [1.82, 2.24) is 0 Å². The molecule has 0 saturated carbocycles. The van der Waals surface area contributed by atoms with E-state index in [4.69, 9.17) is 14.2 Å². The Morgan fingerprint density at radius 1 is 0.680 bits per heavy atom. The summed E-state index contributed by atoms with van der Waals surface area (Å²) in [4.78, 5) is 0. The van der Waals surface area contributed by atoms with E-state index in [-0.39, 0.29) is 0 Å². The number of benzene rings is 2. The van der Waals surface area contributed by atoms with Crippen molar-refractivity contribution in [3.8, 4) is 5.75 Å². The lowest BCUT2D eigenvalue weighted by molar-refractivity contribution is 0.0366. The molecule has 0 aliphatic rings. The molecular formula is C22H28O3. The SMILES string of the molecule is CCCOCCOCCOc1ccc(/C=C/c2ccc(C)cc2)cc1. The molecule has 2 rings (SSSR count). The molecule has 0 N–H and O–H groups in total. The zero-order valence-electron chi connectivity index (χ0n) is 15.2. The lowest BCUT2D eigenvalue weighted by Gasteiger charge is -2.07.